The van der Waals surface area contributed by atoms with E-state index >= 15 is 0 Å². The number of hydrogen-bond donors (Lipinski definition) is 0. The van der Waals surface area contributed by atoms with Crippen molar-refractivity contribution >= 4 is 63.6 Å². The van der Waals surface area contributed by atoms with Gasteiger partial charge in [-0.05, 0) is 41.0 Å². The van der Waals surface area contributed by atoms with Crippen molar-refractivity contribution in [1.82, 2.24) is 4.90 Å². The molecule has 0 aliphatic carbocycles. The zero-order valence-electron chi connectivity index (χ0n) is 25.1. The monoisotopic (exact) mass is 684 g/mol. The van der Waals surface area contributed by atoms with Gasteiger partial charge in [-0.15, -0.1) is 23.2 Å². The number of amides is 2. The summed E-state index contributed by atoms with van der Waals surface area (Å²) in [4.78, 5) is 57.7. The third-order valence-electron chi connectivity index (χ3n) is 8.78. The van der Waals surface area contributed by atoms with Gasteiger partial charge < -0.3 is 14.7 Å². The Bertz CT molecular complexity index is 2020. The van der Waals surface area contributed by atoms with E-state index in [1.807, 2.05) is 42.5 Å². The van der Waals surface area contributed by atoms with Gasteiger partial charge in [0.25, 0.3) is 11.4 Å². The molecule has 0 N–H and O–H groups in total. The highest BCUT2D eigenvalue weighted by Gasteiger charge is 2.49. The molecule has 7 rings (SSSR count). The molecule has 2 amide bonds. The molecule has 3 aliphatic heterocycles. The van der Waals surface area contributed by atoms with Gasteiger partial charge in [0.1, 0.15) is 16.6 Å². The van der Waals surface area contributed by atoms with Gasteiger partial charge in [0.05, 0.1) is 28.5 Å². The summed E-state index contributed by atoms with van der Waals surface area (Å²) in [5, 5.41) is 21.0. The number of carbonyl (C=O) groups is 2. The highest BCUT2D eigenvalue weighted by atomic mass is 35.5. The van der Waals surface area contributed by atoms with Crippen molar-refractivity contribution < 1.29 is 19.4 Å². The molecule has 4 atom stereocenters. The second-order valence-electron chi connectivity index (χ2n) is 11.7. The Kier molecular flexibility index (Phi) is 8.06. The molecule has 4 aromatic carbocycles. The molecule has 14 heteroatoms. The molecule has 3 aliphatic rings. The van der Waals surface area contributed by atoms with Gasteiger partial charge in [-0.2, -0.15) is 0 Å². The van der Waals surface area contributed by atoms with Crippen molar-refractivity contribution in [2.45, 2.75) is 29.4 Å². The van der Waals surface area contributed by atoms with E-state index in [4.69, 9.17) is 28.2 Å². The first-order valence-electron chi connectivity index (χ1n) is 15.0. The van der Waals surface area contributed by atoms with Crippen LogP contribution in [-0.2, 0) is 16.1 Å². The summed E-state index contributed by atoms with van der Waals surface area (Å²) in [6.45, 7) is 1.69. The minimum atomic E-state index is -0.854. The van der Waals surface area contributed by atoms with Crippen LogP contribution in [0, 0.1) is 20.2 Å². The molecule has 0 aromatic heterocycles. The number of nitro groups is 2. The molecule has 48 heavy (non-hydrogen) atoms. The second kappa shape index (κ2) is 12.4. The first-order chi connectivity index (χ1) is 23.1. The zero-order chi connectivity index (χ0) is 33.7. The molecule has 3 heterocycles. The number of nitrogens with zero attached hydrogens (tertiary/aromatic N) is 6. The lowest BCUT2D eigenvalue weighted by Crippen LogP contribution is -2.56. The van der Waals surface area contributed by atoms with Crippen LogP contribution in [0.4, 0.5) is 22.7 Å². The van der Waals surface area contributed by atoms with Crippen LogP contribution in [0.2, 0.25) is 0 Å². The van der Waals surface area contributed by atoms with Crippen molar-refractivity contribution in [1.29, 1.82) is 0 Å². The van der Waals surface area contributed by atoms with Gasteiger partial charge in [-0.1, -0.05) is 48.5 Å². The average Bonchev–Trinajstić information content (AvgIpc) is 3.56. The number of β-lactam (4-membered cyclic amide) rings is 2. The lowest BCUT2D eigenvalue weighted by Gasteiger charge is -2.44. The highest BCUT2D eigenvalue weighted by Crippen LogP contribution is 2.44. The highest BCUT2D eigenvalue weighted by molar-refractivity contribution is 6.38. The standard InChI is InChI=1S/C34H26Cl2N6O6/c35-28-30(21-6-2-11-26(16-21)41(45)46)39(33(28)43)24-9-1-5-20(15-24)19-38-14-13-37-32(38)23-8-4-10-25(18-23)40-31(29(36)34(40)44)22-7-3-12-27(17-22)42(47)48/h1-12,15-18,28-31H,13-14,19H2. The summed E-state index contributed by atoms with van der Waals surface area (Å²) in [5.41, 5.74) is 3.93. The van der Waals surface area contributed by atoms with Crippen LogP contribution in [0.1, 0.15) is 34.3 Å². The molecule has 4 unspecified atom stereocenters. The number of amidine groups is 1. The Balaban J connectivity index is 1.11. The lowest BCUT2D eigenvalue weighted by atomic mass is 9.91. The molecule has 242 valence electrons. The van der Waals surface area contributed by atoms with Gasteiger partial charge >= 0.3 is 0 Å². The minimum absolute atomic E-state index is 0.0742. The number of alkyl halides is 2. The SMILES string of the molecule is O=C1C(Cl)C(c2cccc([N+](=O)[O-])c2)N1c1cccc(CN2CCN=C2c2cccc(N3C(=O)C(Cl)C3c3cccc([N+](=O)[O-])c3)c2)c1. The van der Waals surface area contributed by atoms with E-state index in [1.165, 1.54) is 24.3 Å². The molecule has 0 bridgehead atoms. The fourth-order valence-electron chi connectivity index (χ4n) is 6.49. The number of halogens is 2. The maximum absolute atomic E-state index is 13.0. The quantitative estimate of drug-likeness (QED) is 0.0890. The fourth-order valence-corrected chi connectivity index (χ4v) is 7.22. The Morgan fingerprint density at radius 2 is 1.23 bits per heavy atom. The lowest BCUT2D eigenvalue weighted by molar-refractivity contribution is -0.385. The summed E-state index contributed by atoms with van der Waals surface area (Å²) in [6.07, 6.45) is 0. The number of carbonyl (C=O) groups excluding carboxylic acids is 2. The van der Waals surface area contributed by atoms with Gasteiger partial charge in [-0.25, -0.2) is 0 Å². The van der Waals surface area contributed by atoms with Crippen molar-refractivity contribution in [2.75, 3.05) is 22.9 Å². The molecule has 2 fully saturated rings. The predicted octanol–water partition coefficient (Wildman–Crippen LogP) is 6.16. The number of benzene rings is 4. The number of hydrogen-bond acceptors (Lipinski definition) is 8. The Morgan fingerprint density at radius 1 is 0.708 bits per heavy atom. The summed E-state index contributed by atoms with van der Waals surface area (Å²) >= 11 is 12.9. The normalized spacial score (nSPS) is 21.9. The molecule has 0 spiro atoms. The van der Waals surface area contributed by atoms with E-state index in [-0.39, 0.29) is 23.2 Å². The molecule has 12 nitrogen and oxygen atoms in total. The molecular weight excluding hydrogens is 659 g/mol. The van der Waals surface area contributed by atoms with Crippen LogP contribution >= 0.6 is 23.2 Å². The van der Waals surface area contributed by atoms with Crippen molar-refractivity contribution in [3.8, 4) is 0 Å². The minimum Gasteiger partial charge on any atom is -0.350 e. The second-order valence-corrected chi connectivity index (χ2v) is 12.6. The third-order valence-corrected chi connectivity index (χ3v) is 9.63. The molecular formula is C34H26Cl2N6O6. The summed E-state index contributed by atoms with van der Waals surface area (Å²) in [7, 11) is 0. The van der Waals surface area contributed by atoms with Crippen molar-refractivity contribution in [3.05, 3.63) is 140 Å². The first-order valence-corrected chi connectivity index (χ1v) is 15.9. The van der Waals surface area contributed by atoms with Crippen LogP contribution in [-0.4, -0.2) is 56.2 Å². The molecule has 0 saturated carbocycles. The van der Waals surface area contributed by atoms with Gasteiger partial charge in [0.2, 0.25) is 11.8 Å². The fraction of sp³-hybridized carbons (Fsp3) is 0.206. The molecule has 0 radical (unpaired) electrons. The van der Waals surface area contributed by atoms with E-state index < -0.39 is 32.7 Å². The average molecular weight is 686 g/mol. The smallest absolute Gasteiger partial charge is 0.269 e. The van der Waals surface area contributed by atoms with Gasteiger partial charge in [0, 0.05) is 54.3 Å². The van der Waals surface area contributed by atoms with Crippen molar-refractivity contribution in [3.63, 3.8) is 0 Å². The maximum Gasteiger partial charge on any atom is 0.269 e. The number of aliphatic imine (C=N–C) groups is 1. The van der Waals surface area contributed by atoms with Crippen LogP contribution < -0.4 is 9.80 Å². The Hall–Kier alpha value is -5.33. The summed E-state index contributed by atoms with van der Waals surface area (Å²) in [5.74, 6) is 0.157. The van der Waals surface area contributed by atoms with E-state index in [1.54, 1.807) is 40.1 Å². The third kappa shape index (κ3) is 5.42. The van der Waals surface area contributed by atoms with E-state index in [0.717, 1.165) is 17.0 Å². The summed E-state index contributed by atoms with van der Waals surface area (Å²) in [6, 6.07) is 26.1. The molecule has 2 saturated heterocycles. The Morgan fingerprint density at radius 3 is 1.79 bits per heavy atom. The number of anilines is 2. The topological polar surface area (TPSA) is 142 Å². The van der Waals surface area contributed by atoms with Crippen LogP contribution in [0.25, 0.3) is 0 Å². The van der Waals surface area contributed by atoms with Crippen LogP contribution in [0.15, 0.2) is 102 Å². The predicted molar refractivity (Wildman–Crippen MR) is 181 cm³/mol. The van der Waals surface area contributed by atoms with Gasteiger partial charge in [0.15, 0.2) is 0 Å². The van der Waals surface area contributed by atoms with E-state index in [9.17, 15) is 29.8 Å². The van der Waals surface area contributed by atoms with E-state index in [0.29, 0.717) is 42.1 Å². The van der Waals surface area contributed by atoms with Crippen LogP contribution in [0.3, 0.4) is 0 Å². The number of non-ortho nitro benzene ring substituents is 2. The van der Waals surface area contributed by atoms with E-state index in [2.05, 4.69) is 4.90 Å². The number of nitro benzene ring substituents is 2. The number of rotatable bonds is 9. The first kappa shape index (κ1) is 31.3. The Labute approximate surface area is 284 Å². The van der Waals surface area contributed by atoms with Gasteiger partial charge in [-0.3, -0.25) is 34.8 Å². The maximum atomic E-state index is 13.0. The summed E-state index contributed by atoms with van der Waals surface area (Å²) < 4.78 is 0. The van der Waals surface area contributed by atoms with Crippen molar-refractivity contribution in [2.24, 2.45) is 4.99 Å². The largest absolute Gasteiger partial charge is 0.350 e. The zero-order valence-corrected chi connectivity index (χ0v) is 26.6. The van der Waals surface area contributed by atoms with Crippen LogP contribution in [0.5, 0.6) is 0 Å². The molecule has 4 aromatic rings.